The standard InChI is InChI=1S/C20H27N5O2/c1-26-18-4-2-3-17(13-18)15-23-5-7-24(8-6-23)19-14-20(22-16-21-19)25-9-11-27-12-10-25/h2-4,13-14,16H,5-12,15H2,1H3. The van der Waals surface area contributed by atoms with E-state index in [0.29, 0.717) is 0 Å². The van der Waals surface area contributed by atoms with E-state index in [0.717, 1.165) is 76.4 Å². The largest absolute Gasteiger partial charge is 0.497 e. The minimum atomic E-state index is 0.766. The van der Waals surface area contributed by atoms with Crippen molar-refractivity contribution in [3.05, 3.63) is 42.2 Å². The minimum Gasteiger partial charge on any atom is -0.497 e. The van der Waals surface area contributed by atoms with Crippen molar-refractivity contribution in [3.63, 3.8) is 0 Å². The highest BCUT2D eigenvalue weighted by Gasteiger charge is 2.20. The quantitative estimate of drug-likeness (QED) is 0.794. The lowest BCUT2D eigenvalue weighted by atomic mass is 10.2. The third-order valence-electron chi connectivity index (χ3n) is 5.21. The zero-order chi connectivity index (χ0) is 18.5. The van der Waals surface area contributed by atoms with Gasteiger partial charge < -0.3 is 19.3 Å². The van der Waals surface area contributed by atoms with Gasteiger partial charge in [-0.05, 0) is 17.7 Å². The van der Waals surface area contributed by atoms with Crippen LogP contribution < -0.4 is 14.5 Å². The lowest BCUT2D eigenvalue weighted by molar-refractivity contribution is 0.122. The molecular weight excluding hydrogens is 342 g/mol. The highest BCUT2D eigenvalue weighted by atomic mass is 16.5. The van der Waals surface area contributed by atoms with Crippen LogP contribution in [-0.2, 0) is 11.3 Å². The Kier molecular flexibility index (Phi) is 5.69. The number of benzene rings is 1. The van der Waals surface area contributed by atoms with Crippen LogP contribution in [0.15, 0.2) is 36.7 Å². The highest BCUT2D eigenvalue weighted by Crippen LogP contribution is 2.21. The van der Waals surface area contributed by atoms with Gasteiger partial charge in [-0.1, -0.05) is 12.1 Å². The maximum atomic E-state index is 5.43. The van der Waals surface area contributed by atoms with Gasteiger partial charge in [-0.2, -0.15) is 0 Å². The Morgan fingerprint density at radius 2 is 1.63 bits per heavy atom. The number of ether oxygens (including phenoxy) is 2. The number of aromatic nitrogens is 2. The first-order chi connectivity index (χ1) is 13.3. The number of hydrogen-bond donors (Lipinski definition) is 0. The summed E-state index contributed by atoms with van der Waals surface area (Å²) in [4.78, 5) is 16.1. The Balaban J connectivity index is 1.35. The maximum Gasteiger partial charge on any atom is 0.134 e. The van der Waals surface area contributed by atoms with E-state index in [4.69, 9.17) is 9.47 Å². The zero-order valence-corrected chi connectivity index (χ0v) is 15.9. The van der Waals surface area contributed by atoms with E-state index in [-0.39, 0.29) is 0 Å². The molecular formula is C20H27N5O2. The minimum absolute atomic E-state index is 0.766. The summed E-state index contributed by atoms with van der Waals surface area (Å²) in [6, 6.07) is 10.4. The first-order valence-corrected chi connectivity index (χ1v) is 9.57. The van der Waals surface area contributed by atoms with Gasteiger partial charge in [0.15, 0.2) is 0 Å². The SMILES string of the molecule is COc1cccc(CN2CCN(c3cc(N4CCOCC4)ncn3)CC2)c1. The van der Waals surface area contributed by atoms with Gasteiger partial charge in [-0.15, -0.1) is 0 Å². The van der Waals surface area contributed by atoms with Gasteiger partial charge in [-0.3, -0.25) is 4.90 Å². The number of hydrogen-bond acceptors (Lipinski definition) is 7. The topological polar surface area (TPSA) is 54.0 Å². The van der Waals surface area contributed by atoms with Crippen LogP contribution in [0.1, 0.15) is 5.56 Å². The summed E-state index contributed by atoms with van der Waals surface area (Å²) in [6.07, 6.45) is 1.68. The van der Waals surface area contributed by atoms with E-state index in [9.17, 15) is 0 Å². The van der Waals surface area contributed by atoms with Gasteiger partial charge in [0.05, 0.1) is 20.3 Å². The molecule has 0 spiro atoms. The molecule has 2 aliphatic rings. The molecule has 0 radical (unpaired) electrons. The predicted octanol–water partition coefficient (Wildman–Crippen LogP) is 1.64. The Labute approximate surface area is 160 Å². The van der Waals surface area contributed by atoms with E-state index in [1.165, 1.54) is 5.56 Å². The molecule has 2 fully saturated rings. The Bertz CT molecular complexity index is 743. The van der Waals surface area contributed by atoms with Gasteiger partial charge in [0, 0.05) is 51.9 Å². The van der Waals surface area contributed by atoms with Gasteiger partial charge in [0.25, 0.3) is 0 Å². The monoisotopic (exact) mass is 369 g/mol. The van der Waals surface area contributed by atoms with Crippen molar-refractivity contribution in [2.45, 2.75) is 6.54 Å². The summed E-state index contributed by atoms with van der Waals surface area (Å²) >= 11 is 0. The fourth-order valence-corrected chi connectivity index (χ4v) is 3.64. The van der Waals surface area contributed by atoms with Crippen LogP contribution >= 0.6 is 0 Å². The molecule has 2 aromatic rings. The molecule has 0 aliphatic carbocycles. The smallest absolute Gasteiger partial charge is 0.134 e. The summed E-state index contributed by atoms with van der Waals surface area (Å²) in [5, 5.41) is 0. The van der Waals surface area contributed by atoms with Gasteiger partial charge in [0.2, 0.25) is 0 Å². The van der Waals surface area contributed by atoms with Crippen LogP contribution in [0.2, 0.25) is 0 Å². The van der Waals surface area contributed by atoms with E-state index >= 15 is 0 Å². The second-order valence-electron chi connectivity index (χ2n) is 6.95. The van der Waals surface area contributed by atoms with E-state index in [1.54, 1.807) is 13.4 Å². The average Bonchev–Trinajstić information content (AvgIpc) is 2.75. The van der Waals surface area contributed by atoms with Crippen molar-refractivity contribution in [1.82, 2.24) is 14.9 Å². The molecule has 0 bridgehead atoms. The van der Waals surface area contributed by atoms with Crippen LogP contribution in [0.3, 0.4) is 0 Å². The lowest BCUT2D eigenvalue weighted by Gasteiger charge is -2.36. The molecule has 3 heterocycles. The van der Waals surface area contributed by atoms with Crippen LogP contribution in [0.5, 0.6) is 5.75 Å². The maximum absolute atomic E-state index is 5.43. The third-order valence-corrected chi connectivity index (χ3v) is 5.21. The Morgan fingerprint density at radius 3 is 2.33 bits per heavy atom. The van der Waals surface area contributed by atoms with Crippen LogP contribution in [-0.4, -0.2) is 74.5 Å². The number of nitrogens with zero attached hydrogens (tertiary/aromatic N) is 5. The van der Waals surface area contributed by atoms with Crippen LogP contribution in [0, 0.1) is 0 Å². The van der Waals surface area contributed by atoms with E-state index < -0.39 is 0 Å². The van der Waals surface area contributed by atoms with Gasteiger partial charge in [0.1, 0.15) is 23.7 Å². The number of methoxy groups -OCH3 is 1. The number of rotatable bonds is 5. The molecule has 0 N–H and O–H groups in total. The molecule has 4 rings (SSSR count). The molecule has 0 atom stereocenters. The van der Waals surface area contributed by atoms with Crippen molar-refractivity contribution in [2.24, 2.45) is 0 Å². The molecule has 0 amide bonds. The van der Waals surface area contributed by atoms with Crippen molar-refractivity contribution < 1.29 is 9.47 Å². The Morgan fingerprint density at radius 1 is 0.926 bits per heavy atom. The van der Waals surface area contributed by atoms with Crippen molar-refractivity contribution in [3.8, 4) is 5.75 Å². The van der Waals surface area contributed by atoms with E-state index in [1.807, 2.05) is 6.07 Å². The normalized spacial score (nSPS) is 18.6. The molecule has 1 aromatic heterocycles. The Hall–Kier alpha value is -2.38. The van der Waals surface area contributed by atoms with Crippen molar-refractivity contribution in [1.29, 1.82) is 0 Å². The molecule has 7 heteroatoms. The van der Waals surface area contributed by atoms with Gasteiger partial charge in [-0.25, -0.2) is 9.97 Å². The second kappa shape index (κ2) is 8.54. The molecule has 0 unspecified atom stereocenters. The average molecular weight is 369 g/mol. The second-order valence-corrected chi connectivity index (χ2v) is 6.95. The first-order valence-electron chi connectivity index (χ1n) is 9.57. The fraction of sp³-hybridized carbons (Fsp3) is 0.500. The van der Waals surface area contributed by atoms with Crippen molar-refractivity contribution >= 4 is 11.6 Å². The molecule has 1 aromatic carbocycles. The molecule has 144 valence electrons. The summed E-state index contributed by atoms with van der Waals surface area (Å²) in [5.74, 6) is 2.94. The number of morpholine rings is 1. The van der Waals surface area contributed by atoms with Crippen LogP contribution in [0.25, 0.3) is 0 Å². The first kappa shape index (κ1) is 18.0. The van der Waals surface area contributed by atoms with Crippen molar-refractivity contribution in [2.75, 3.05) is 69.4 Å². The fourth-order valence-electron chi connectivity index (χ4n) is 3.64. The number of anilines is 2. The summed E-state index contributed by atoms with van der Waals surface area (Å²) in [6.45, 7) is 8.27. The molecule has 0 saturated carbocycles. The predicted molar refractivity (Wildman–Crippen MR) is 106 cm³/mol. The van der Waals surface area contributed by atoms with Crippen LogP contribution in [0.4, 0.5) is 11.6 Å². The summed E-state index contributed by atoms with van der Waals surface area (Å²) in [7, 11) is 1.71. The molecule has 7 nitrogen and oxygen atoms in total. The highest BCUT2D eigenvalue weighted by molar-refractivity contribution is 5.50. The zero-order valence-electron chi connectivity index (χ0n) is 15.9. The molecule has 27 heavy (non-hydrogen) atoms. The molecule has 2 saturated heterocycles. The third kappa shape index (κ3) is 4.48. The van der Waals surface area contributed by atoms with E-state index in [2.05, 4.69) is 48.9 Å². The van der Waals surface area contributed by atoms with Gasteiger partial charge >= 0.3 is 0 Å². The summed E-state index contributed by atoms with van der Waals surface area (Å²) < 4.78 is 10.8. The summed E-state index contributed by atoms with van der Waals surface area (Å²) in [5.41, 5.74) is 1.29. The lowest BCUT2D eigenvalue weighted by Crippen LogP contribution is -2.46. The number of piperazine rings is 1. The molecule has 2 aliphatic heterocycles.